The molecular weight excluding hydrogens is 232 g/mol. The molecule has 0 spiro atoms. The molecule has 1 aromatic rings. The molecule has 0 saturated heterocycles. The number of nitrogens with zero attached hydrogens (tertiary/aromatic N) is 1. The maximum Gasteiger partial charge on any atom is 0.233 e. The summed E-state index contributed by atoms with van der Waals surface area (Å²) in [6, 6.07) is 6.30. The van der Waals surface area contributed by atoms with Crippen molar-refractivity contribution < 1.29 is 9.90 Å². The van der Waals surface area contributed by atoms with Crippen molar-refractivity contribution >= 4 is 17.3 Å². The van der Waals surface area contributed by atoms with Crippen LogP contribution >= 0.6 is 0 Å². The van der Waals surface area contributed by atoms with Crippen LogP contribution < -0.4 is 5.32 Å². The summed E-state index contributed by atoms with van der Waals surface area (Å²) < 4.78 is 0. The molecular formula is C13H16N2O3. The van der Waals surface area contributed by atoms with E-state index in [0.29, 0.717) is 11.4 Å². The molecule has 5 heteroatoms. The minimum atomic E-state index is -0.698. The molecule has 0 heterocycles. The lowest BCUT2D eigenvalue weighted by atomic mass is 10.0. The molecule has 1 aliphatic rings. The minimum absolute atomic E-state index is 0.0217. The van der Waals surface area contributed by atoms with Crippen LogP contribution in [0.1, 0.15) is 20.3 Å². The standard InChI is InChI=1S/C13H16N2O3/c1-3-10-11(16)13(10,2)12(17)14-8-4-6-9(15-18)7-5-8/h4-7,10-11,16H,3H2,1-2H3,(H,14,17)/t10-,11?,13?/m0/s1. The molecule has 1 saturated carbocycles. The van der Waals surface area contributed by atoms with Crippen molar-refractivity contribution in [2.45, 2.75) is 26.4 Å². The van der Waals surface area contributed by atoms with Crippen LogP contribution in [0.2, 0.25) is 0 Å². The van der Waals surface area contributed by atoms with E-state index in [1.54, 1.807) is 19.1 Å². The fraction of sp³-hybridized carbons (Fsp3) is 0.462. The van der Waals surface area contributed by atoms with Gasteiger partial charge in [-0.05, 0) is 42.8 Å². The van der Waals surface area contributed by atoms with Crippen LogP contribution in [-0.4, -0.2) is 17.1 Å². The molecule has 1 aromatic carbocycles. The van der Waals surface area contributed by atoms with Gasteiger partial charge < -0.3 is 10.4 Å². The van der Waals surface area contributed by atoms with Crippen LogP contribution in [0.4, 0.5) is 11.4 Å². The third-order valence-corrected chi connectivity index (χ3v) is 3.82. The second kappa shape index (κ2) is 4.49. The third-order valence-electron chi connectivity index (χ3n) is 3.82. The lowest BCUT2D eigenvalue weighted by Crippen LogP contribution is -2.25. The van der Waals surface area contributed by atoms with Crippen LogP contribution in [0.15, 0.2) is 29.4 Å². The van der Waals surface area contributed by atoms with Gasteiger partial charge in [0.15, 0.2) is 0 Å². The van der Waals surface area contributed by atoms with Gasteiger partial charge >= 0.3 is 0 Å². The first kappa shape index (κ1) is 12.7. The number of nitroso groups, excluding NO2 is 1. The van der Waals surface area contributed by atoms with Crippen LogP contribution in [0.5, 0.6) is 0 Å². The quantitative estimate of drug-likeness (QED) is 0.803. The van der Waals surface area contributed by atoms with Gasteiger partial charge in [0.2, 0.25) is 5.91 Å². The van der Waals surface area contributed by atoms with Gasteiger partial charge in [-0.2, -0.15) is 0 Å². The Labute approximate surface area is 105 Å². The van der Waals surface area contributed by atoms with Crippen molar-refractivity contribution in [3.63, 3.8) is 0 Å². The van der Waals surface area contributed by atoms with E-state index in [0.717, 1.165) is 6.42 Å². The van der Waals surface area contributed by atoms with Gasteiger partial charge in [-0.1, -0.05) is 6.92 Å². The van der Waals surface area contributed by atoms with Crippen LogP contribution in [0, 0.1) is 16.2 Å². The minimum Gasteiger partial charge on any atom is -0.392 e. The number of hydrogen-bond acceptors (Lipinski definition) is 4. The lowest BCUT2D eigenvalue weighted by molar-refractivity contribution is -0.121. The number of rotatable bonds is 4. The molecule has 0 bridgehead atoms. The lowest BCUT2D eigenvalue weighted by Gasteiger charge is -2.11. The summed E-state index contributed by atoms with van der Waals surface area (Å²) in [5.74, 6) is -0.165. The Balaban J connectivity index is 2.06. The predicted molar refractivity (Wildman–Crippen MR) is 68.4 cm³/mol. The molecule has 5 nitrogen and oxygen atoms in total. The predicted octanol–water partition coefficient (Wildman–Crippen LogP) is 2.43. The molecule has 0 aromatic heterocycles. The molecule has 1 amide bonds. The summed E-state index contributed by atoms with van der Waals surface area (Å²) in [5, 5.41) is 15.3. The molecule has 0 aliphatic heterocycles. The largest absolute Gasteiger partial charge is 0.392 e. The van der Waals surface area contributed by atoms with Gasteiger partial charge in [0, 0.05) is 11.6 Å². The van der Waals surface area contributed by atoms with Crippen molar-refractivity contribution in [3.8, 4) is 0 Å². The summed E-state index contributed by atoms with van der Waals surface area (Å²) in [7, 11) is 0. The van der Waals surface area contributed by atoms with Gasteiger partial charge in [0.25, 0.3) is 0 Å². The van der Waals surface area contributed by atoms with Crippen LogP contribution in [0.3, 0.4) is 0 Å². The normalized spacial score (nSPS) is 29.7. The van der Waals surface area contributed by atoms with Gasteiger partial charge in [-0.15, -0.1) is 4.91 Å². The number of carbonyl (C=O) groups is 1. The van der Waals surface area contributed by atoms with Crippen LogP contribution in [0.25, 0.3) is 0 Å². The monoisotopic (exact) mass is 248 g/mol. The maximum atomic E-state index is 12.1. The topological polar surface area (TPSA) is 78.8 Å². The summed E-state index contributed by atoms with van der Waals surface area (Å²) in [6.07, 6.45) is 0.206. The highest BCUT2D eigenvalue weighted by molar-refractivity contribution is 5.98. The van der Waals surface area contributed by atoms with Crippen molar-refractivity contribution in [1.82, 2.24) is 0 Å². The highest BCUT2D eigenvalue weighted by Gasteiger charge is 2.64. The van der Waals surface area contributed by atoms with E-state index in [1.807, 2.05) is 6.92 Å². The molecule has 18 heavy (non-hydrogen) atoms. The fourth-order valence-corrected chi connectivity index (χ4v) is 2.40. The van der Waals surface area contributed by atoms with E-state index in [-0.39, 0.29) is 11.8 Å². The molecule has 1 aliphatic carbocycles. The van der Waals surface area contributed by atoms with Crippen molar-refractivity contribution in [2.24, 2.45) is 16.5 Å². The SMILES string of the molecule is CC[C@H]1C(O)C1(C)C(=O)Nc1ccc(N=O)cc1. The smallest absolute Gasteiger partial charge is 0.233 e. The number of amides is 1. The Bertz CT molecular complexity index is 472. The highest BCUT2D eigenvalue weighted by Crippen LogP contribution is 2.54. The molecule has 2 unspecified atom stereocenters. The third kappa shape index (κ3) is 1.90. The molecule has 2 N–H and O–H groups in total. The molecule has 3 atom stereocenters. The van der Waals surface area contributed by atoms with E-state index in [2.05, 4.69) is 10.5 Å². The van der Waals surface area contributed by atoms with Crippen molar-refractivity contribution in [1.29, 1.82) is 0 Å². The Kier molecular flexibility index (Phi) is 3.17. The fourth-order valence-electron chi connectivity index (χ4n) is 2.40. The Morgan fingerprint density at radius 2 is 2.06 bits per heavy atom. The number of carbonyl (C=O) groups excluding carboxylic acids is 1. The number of nitrogens with one attached hydrogen (secondary N) is 1. The summed E-state index contributed by atoms with van der Waals surface area (Å²) in [4.78, 5) is 22.3. The second-order valence-electron chi connectivity index (χ2n) is 4.83. The first-order chi connectivity index (χ1) is 8.53. The average Bonchev–Trinajstić information content (AvgIpc) is 2.93. The molecule has 0 radical (unpaired) electrons. The van der Waals surface area contributed by atoms with Gasteiger partial charge in [-0.25, -0.2) is 0 Å². The van der Waals surface area contributed by atoms with Gasteiger partial charge in [0.1, 0.15) is 5.69 Å². The van der Waals surface area contributed by atoms with E-state index >= 15 is 0 Å². The van der Waals surface area contributed by atoms with Gasteiger partial charge in [-0.3, -0.25) is 4.79 Å². The first-order valence-electron chi connectivity index (χ1n) is 5.97. The number of benzene rings is 1. The number of aliphatic hydroxyl groups is 1. The van der Waals surface area contributed by atoms with E-state index in [9.17, 15) is 14.8 Å². The number of aliphatic hydroxyl groups excluding tert-OH is 1. The van der Waals surface area contributed by atoms with E-state index < -0.39 is 11.5 Å². The Morgan fingerprint density at radius 1 is 1.44 bits per heavy atom. The average molecular weight is 248 g/mol. The van der Waals surface area contributed by atoms with Crippen molar-refractivity contribution in [3.05, 3.63) is 29.2 Å². The Hall–Kier alpha value is -1.75. The second-order valence-corrected chi connectivity index (χ2v) is 4.83. The first-order valence-corrected chi connectivity index (χ1v) is 5.97. The number of anilines is 1. The highest BCUT2D eigenvalue weighted by atomic mass is 16.3. The zero-order chi connectivity index (χ0) is 13.3. The van der Waals surface area contributed by atoms with E-state index in [1.165, 1.54) is 12.1 Å². The maximum absolute atomic E-state index is 12.1. The zero-order valence-corrected chi connectivity index (χ0v) is 10.4. The van der Waals surface area contributed by atoms with Crippen molar-refractivity contribution in [2.75, 3.05) is 5.32 Å². The zero-order valence-electron chi connectivity index (χ0n) is 10.4. The van der Waals surface area contributed by atoms with E-state index in [4.69, 9.17) is 0 Å². The van der Waals surface area contributed by atoms with Gasteiger partial charge in [0.05, 0.1) is 11.5 Å². The number of hydrogen-bond donors (Lipinski definition) is 2. The van der Waals surface area contributed by atoms with Crippen LogP contribution in [-0.2, 0) is 4.79 Å². The molecule has 1 fully saturated rings. The summed E-state index contributed by atoms with van der Waals surface area (Å²) in [6.45, 7) is 3.72. The molecule has 2 rings (SSSR count). The molecule has 96 valence electrons. The Morgan fingerprint density at radius 3 is 2.50 bits per heavy atom. The summed E-state index contributed by atoms with van der Waals surface area (Å²) in [5.41, 5.74) is 0.218. The summed E-state index contributed by atoms with van der Waals surface area (Å²) >= 11 is 0.